The topological polar surface area (TPSA) is 51.8 Å². The van der Waals surface area contributed by atoms with E-state index in [1.807, 2.05) is 6.07 Å². The number of hydrogen-bond donors (Lipinski definition) is 0. The Balaban J connectivity index is 1.20. The van der Waals surface area contributed by atoms with Gasteiger partial charge in [-0.1, -0.05) is 140 Å². The molecule has 10 rings (SSSR count). The van der Waals surface area contributed by atoms with E-state index in [1.165, 1.54) is 22.3 Å². The molecule has 0 aliphatic heterocycles. The van der Waals surface area contributed by atoms with Gasteiger partial charge in [0.2, 0.25) is 0 Å². The van der Waals surface area contributed by atoms with Gasteiger partial charge in [0.1, 0.15) is 11.2 Å². The number of fused-ring (bicyclic) bond motifs is 6. The van der Waals surface area contributed by atoms with Gasteiger partial charge >= 0.3 is 0 Å². The highest BCUT2D eigenvalue weighted by molar-refractivity contribution is 6.13. The van der Waals surface area contributed by atoms with Crippen molar-refractivity contribution in [1.29, 1.82) is 0 Å². The Bertz CT molecular complexity index is 2800. The summed E-state index contributed by atoms with van der Waals surface area (Å²) in [6, 6.07) is 47.2. The van der Waals surface area contributed by atoms with Gasteiger partial charge in [0.05, 0.1) is 0 Å². The minimum Gasteiger partial charge on any atom is -0.456 e. The lowest BCUT2D eigenvalue weighted by molar-refractivity contribution is 0.669. The molecular weight excluding hydrogens is 671 g/mol. The number of hydrogen-bond acceptors (Lipinski definition) is 4. The molecule has 262 valence electrons. The largest absolute Gasteiger partial charge is 0.456 e. The quantitative estimate of drug-likeness (QED) is 0.179. The molecule has 2 aliphatic rings. The van der Waals surface area contributed by atoms with Crippen LogP contribution in [-0.2, 0) is 12.8 Å². The Hall–Kier alpha value is -6.91. The molecule has 0 bridgehead atoms. The maximum Gasteiger partial charge on any atom is 0.164 e. The van der Waals surface area contributed by atoms with Crippen LogP contribution in [0.3, 0.4) is 0 Å². The summed E-state index contributed by atoms with van der Waals surface area (Å²) >= 11 is 0. The van der Waals surface area contributed by atoms with E-state index in [9.17, 15) is 0 Å². The number of benzene rings is 6. The Morgan fingerprint density at radius 2 is 1.09 bits per heavy atom. The molecule has 4 heteroatoms. The molecular formula is C51H37N3O. The Morgan fingerprint density at radius 1 is 0.436 bits per heavy atom. The van der Waals surface area contributed by atoms with Gasteiger partial charge in [0.25, 0.3) is 0 Å². The van der Waals surface area contributed by atoms with Crippen LogP contribution in [0.2, 0.25) is 0 Å². The molecule has 55 heavy (non-hydrogen) atoms. The van der Waals surface area contributed by atoms with Gasteiger partial charge in [-0.05, 0) is 112 Å². The Labute approximate surface area is 320 Å². The lowest BCUT2D eigenvalue weighted by atomic mass is 9.90. The minimum absolute atomic E-state index is 0.630. The number of allylic oxidation sites excluding steroid dienone is 8. The second kappa shape index (κ2) is 14.1. The van der Waals surface area contributed by atoms with Crippen molar-refractivity contribution >= 4 is 27.5 Å². The van der Waals surface area contributed by atoms with Crippen molar-refractivity contribution in [2.45, 2.75) is 25.7 Å². The van der Waals surface area contributed by atoms with Crippen LogP contribution in [0.25, 0.3) is 83.7 Å². The van der Waals surface area contributed by atoms with Gasteiger partial charge in [-0.3, -0.25) is 0 Å². The first-order chi connectivity index (χ1) is 27.2. The number of nitrogens with zero attached hydrogens (tertiary/aromatic N) is 3. The van der Waals surface area contributed by atoms with E-state index in [1.54, 1.807) is 0 Å². The first-order valence-electron chi connectivity index (χ1n) is 19.0. The summed E-state index contributed by atoms with van der Waals surface area (Å²) in [5, 5.41) is 2.07. The highest BCUT2D eigenvalue weighted by Gasteiger charge is 2.21. The fourth-order valence-electron chi connectivity index (χ4n) is 7.94. The lowest BCUT2D eigenvalue weighted by Gasteiger charge is -2.14. The monoisotopic (exact) mass is 707 g/mol. The Kier molecular flexibility index (Phi) is 8.42. The van der Waals surface area contributed by atoms with Gasteiger partial charge in [-0.25, -0.2) is 15.0 Å². The van der Waals surface area contributed by atoms with Crippen molar-refractivity contribution in [2.75, 3.05) is 0 Å². The van der Waals surface area contributed by atoms with Crippen molar-refractivity contribution in [3.63, 3.8) is 0 Å². The molecule has 0 N–H and O–H groups in total. The van der Waals surface area contributed by atoms with Gasteiger partial charge < -0.3 is 4.42 Å². The third kappa shape index (κ3) is 6.32. The zero-order valence-electron chi connectivity index (χ0n) is 30.3. The van der Waals surface area contributed by atoms with E-state index in [-0.39, 0.29) is 0 Å². The van der Waals surface area contributed by atoms with Crippen LogP contribution in [0.15, 0.2) is 180 Å². The van der Waals surface area contributed by atoms with Crippen LogP contribution in [-0.4, -0.2) is 15.0 Å². The van der Waals surface area contributed by atoms with E-state index in [4.69, 9.17) is 19.4 Å². The van der Waals surface area contributed by atoms with Crippen LogP contribution in [0.1, 0.15) is 29.8 Å². The van der Waals surface area contributed by atoms with E-state index < -0.39 is 0 Å². The molecule has 2 aromatic heterocycles. The van der Waals surface area contributed by atoms with E-state index in [0.717, 1.165) is 86.6 Å². The van der Waals surface area contributed by atoms with E-state index in [2.05, 4.69) is 170 Å². The summed E-state index contributed by atoms with van der Waals surface area (Å²) in [4.78, 5) is 15.8. The fourth-order valence-corrected chi connectivity index (χ4v) is 7.94. The van der Waals surface area contributed by atoms with Gasteiger partial charge in [-0.2, -0.15) is 0 Å². The summed E-state index contributed by atoms with van der Waals surface area (Å²) in [7, 11) is 0. The molecule has 2 heterocycles. The van der Waals surface area contributed by atoms with Gasteiger partial charge in [0.15, 0.2) is 17.5 Å². The normalized spacial score (nSPS) is 14.9. The molecule has 0 unspecified atom stereocenters. The fraction of sp³-hybridized carbons (Fsp3) is 0.0784. The zero-order valence-corrected chi connectivity index (χ0v) is 30.3. The standard InChI is InChI=1S/C51H37N3O/c1-2-7-25-38-32-45-47(33-44(38)42-26-15-14-22-36(42)21-6-1)55-46-28-16-27-43(48(45)46)51-53-49(37-23-12-5-13-24-37)52-50(54-51)41-30-39(34-17-8-3-9-18-34)29-40(31-41)35-19-10-4-11-20-35/h1-12,14-20,22-23,26-33H,13,21,24-25H2/b6-1-,7-2-. The summed E-state index contributed by atoms with van der Waals surface area (Å²) in [5.41, 5.74) is 14.1. The highest BCUT2D eigenvalue weighted by Crippen LogP contribution is 2.41. The SMILES string of the molecule is C1=CCCC(c2nc(-c3cc(-c4ccccc4)cc(-c4ccccc4)c3)nc(-c3cccc4oc5cc6c(cc5c34)C/C=C\C=C/Cc3ccccc3-6)n2)=C1. The maximum absolute atomic E-state index is 6.69. The van der Waals surface area contributed by atoms with Crippen molar-refractivity contribution < 1.29 is 4.42 Å². The van der Waals surface area contributed by atoms with Crippen molar-refractivity contribution in [2.24, 2.45) is 0 Å². The third-order valence-corrected chi connectivity index (χ3v) is 10.7. The van der Waals surface area contributed by atoms with Crippen LogP contribution in [0.5, 0.6) is 0 Å². The smallest absolute Gasteiger partial charge is 0.164 e. The summed E-state index contributed by atoms with van der Waals surface area (Å²) < 4.78 is 6.69. The zero-order chi connectivity index (χ0) is 36.6. The van der Waals surface area contributed by atoms with Crippen LogP contribution in [0.4, 0.5) is 0 Å². The average Bonchev–Trinajstić information content (AvgIpc) is 3.63. The number of aromatic nitrogens is 3. The van der Waals surface area contributed by atoms with E-state index in [0.29, 0.717) is 17.5 Å². The predicted molar refractivity (Wildman–Crippen MR) is 226 cm³/mol. The third-order valence-electron chi connectivity index (χ3n) is 10.7. The van der Waals surface area contributed by atoms with E-state index >= 15 is 0 Å². The molecule has 8 aromatic rings. The summed E-state index contributed by atoms with van der Waals surface area (Å²) in [6.45, 7) is 0. The molecule has 6 aromatic carbocycles. The molecule has 0 radical (unpaired) electrons. The summed E-state index contributed by atoms with van der Waals surface area (Å²) in [5.74, 6) is 1.97. The van der Waals surface area contributed by atoms with Crippen LogP contribution < -0.4 is 0 Å². The first-order valence-corrected chi connectivity index (χ1v) is 19.0. The molecule has 0 fully saturated rings. The molecule has 0 saturated heterocycles. The van der Waals surface area contributed by atoms with Crippen molar-refractivity contribution in [3.8, 4) is 56.2 Å². The Morgan fingerprint density at radius 3 is 1.84 bits per heavy atom. The molecule has 0 spiro atoms. The molecule has 0 saturated carbocycles. The van der Waals surface area contributed by atoms with Crippen molar-refractivity contribution in [3.05, 3.63) is 193 Å². The van der Waals surface area contributed by atoms with Gasteiger partial charge in [-0.15, -0.1) is 0 Å². The summed E-state index contributed by atoms with van der Waals surface area (Å²) in [6.07, 6.45) is 18.7. The van der Waals surface area contributed by atoms with Crippen LogP contribution in [0, 0.1) is 0 Å². The molecule has 2 aliphatic carbocycles. The molecule has 0 amide bonds. The van der Waals surface area contributed by atoms with Gasteiger partial charge in [0, 0.05) is 21.9 Å². The molecule has 4 nitrogen and oxygen atoms in total. The number of furan rings is 1. The number of rotatable bonds is 5. The highest BCUT2D eigenvalue weighted by atomic mass is 16.3. The van der Waals surface area contributed by atoms with Crippen LogP contribution >= 0.6 is 0 Å². The second-order valence-corrected chi connectivity index (χ2v) is 14.2. The lowest BCUT2D eigenvalue weighted by Crippen LogP contribution is -2.04. The first kappa shape index (κ1) is 32.7. The maximum atomic E-state index is 6.69. The van der Waals surface area contributed by atoms with Crippen molar-refractivity contribution in [1.82, 2.24) is 15.0 Å². The predicted octanol–water partition coefficient (Wildman–Crippen LogP) is 13.1. The minimum atomic E-state index is 0.630. The average molecular weight is 708 g/mol. The second-order valence-electron chi connectivity index (χ2n) is 14.2. The molecule has 0 atom stereocenters.